The average molecular weight is 422 g/mol. The Balaban J connectivity index is 1.60. The molecular formula is C27H22N2O3. The number of rotatable bonds is 6. The summed E-state index contributed by atoms with van der Waals surface area (Å²) in [5.74, 6) is 0.177. The first-order valence-corrected chi connectivity index (χ1v) is 11.0. The SMILES string of the molecule is CCCCCCN1C(=O)c2cccc3c(-c4cc5cc(C#N)ccc5o4)ccc(c23)C1=O. The van der Waals surface area contributed by atoms with Crippen molar-refractivity contribution < 1.29 is 14.0 Å². The molecule has 3 aromatic carbocycles. The Labute approximate surface area is 185 Å². The molecule has 5 rings (SSSR count). The maximum atomic E-state index is 13.2. The summed E-state index contributed by atoms with van der Waals surface area (Å²) in [5, 5.41) is 11.5. The van der Waals surface area contributed by atoms with Gasteiger partial charge in [-0.05, 0) is 54.3 Å². The summed E-state index contributed by atoms with van der Waals surface area (Å²) in [4.78, 5) is 27.8. The minimum Gasteiger partial charge on any atom is -0.456 e. The van der Waals surface area contributed by atoms with E-state index in [9.17, 15) is 9.59 Å². The third-order valence-electron chi connectivity index (χ3n) is 6.14. The molecule has 0 aliphatic carbocycles. The molecule has 0 spiro atoms. The van der Waals surface area contributed by atoms with Crippen LogP contribution in [0.5, 0.6) is 0 Å². The highest BCUT2D eigenvalue weighted by Gasteiger charge is 2.33. The topological polar surface area (TPSA) is 74.3 Å². The smallest absolute Gasteiger partial charge is 0.261 e. The Hall–Kier alpha value is -3.91. The van der Waals surface area contributed by atoms with Crippen LogP contribution >= 0.6 is 0 Å². The second-order valence-electron chi connectivity index (χ2n) is 8.19. The van der Waals surface area contributed by atoms with E-state index in [1.54, 1.807) is 30.3 Å². The lowest BCUT2D eigenvalue weighted by Gasteiger charge is -2.27. The minimum atomic E-state index is -0.231. The van der Waals surface area contributed by atoms with E-state index in [1.165, 1.54) is 4.90 Å². The zero-order valence-corrected chi connectivity index (χ0v) is 17.9. The average Bonchev–Trinajstić information content (AvgIpc) is 3.24. The third-order valence-corrected chi connectivity index (χ3v) is 6.14. The molecule has 0 saturated carbocycles. The highest BCUT2D eigenvalue weighted by atomic mass is 16.3. The molecule has 0 saturated heterocycles. The van der Waals surface area contributed by atoms with Crippen LogP contribution in [0.2, 0.25) is 0 Å². The van der Waals surface area contributed by atoms with Gasteiger partial charge in [-0.3, -0.25) is 14.5 Å². The van der Waals surface area contributed by atoms with Crippen molar-refractivity contribution in [1.82, 2.24) is 4.90 Å². The number of hydrogen-bond donors (Lipinski definition) is 0. The van der Waals surface area contributed by atoms with Crippen LogP contribution < -0.4 is 0 Å². The van der Waals surface area contributed by atoms with Crippen molar-refractivity contribution in [2.24, 2.45) is 0 Å². The quantitative estimate of drug-likeness (QED) is 0.270. The second kappa shape index (κ2) is 7.97. The molecule has 0 fully saturated rings. The molecule has 1 aromatic heterocycles. The number of fused-ring (bicyclic) bond motifs is 1. The van der Waals surface area contributed by atoms with Crippen LogP contribution in [0.4, 0.5) is 0 Å². The van der Waals surface area contributed by atoms with E-state index in [2.05, 4.69) is 13.0 Å². The Morgan fingerprint density at radius 1 is 0.906 bits per heavy atom. The number of unbranched alkanes of at least 4 members (excludes halogenated alkanes) is 3. The fraction of sp³-hybridized carbons (Fsp3) is 0.222. The summed E-state index contributed by atoms with van der Waals surface area (Å²) in [6, 6.07) is 18.6. The zero-order chi connectivity index (χ0) is 22.2. The van der Waals surface area contributed by atoms with Gasteiger partial charge in [0, 0.05) is 34.0 Å². The molecule has 0 atom stereocenters. The summed E-state index contributed by atoms with van der Waals surface area (Å²) in [7, 11) is 0. The van der Waals surface area contributed by atoms with Gasteiger partial charge >= 0.3 is 0 Å². The first kappa shape index (κ1) is 20.0. The van der Waals surface area contributed by atoms with E-state index in [0.717, 1.165) is 42.0 Å². The maximum absolute atomic E-state index is 13.2. The standard InChI is InChI=1S/C27H22N2O3/c1-2-3-4-5-13-29-26(30)21-8-6-7-20-19(10-11-22(25(20)21)27(29)31)24-15-18-14-17(16-28)9-12-23(18)32-24/h6-12,14-15H,2-5,13H2,1H3. The molecule has 1 aliphatic rings. The van der Waals surface area contributed by atoms with Gasteiger partial charge in [0.1, 0.15) is 11.3 Å². The van der Waals surface area contributed by atoms with Gasteiger partial charge in [0.05, 0.1) is 11.6 Å². The molecule has 0 bridgehead atoms. The lowest BCUT2D eigenvalue weighted by Crippen LogP contribution is -2.40. The number of nitrogens with zero attached hydrogens (tertiary/aromatic N) is 2. The van der Waals surface area contributed by atoms with E-state index in [1.807, 2.05) is 24.3 Å². The van der Waals surface area contributed by atoms with Crippen molar-refractivity contribution in [3.63, 3.8) is 0 Å². The normalized spacial score (nSPS) is 13.2. The number of carbonyl (C=O) groups excluding carboxylic acids is 2. The third kappa shape index (κ3) is 3.16. The number of hydrogen-bond acceptors (Lipinski definition) is 4. The number of carbonyl (C=O) groups is 2. The van der Waals surface area contributed by atoms with Crippen LogP contribution in [-0.2, 0) is 0 Å². The molecular weight excluding hydrogens is 400 g/mol. The van der Waals surface area contributed by atoms with Crippen molar-refractivity contribution in [2.75, 3.05) is 6.54 Å². The van der Waals surface area contributed by atoms with Gasteiger partial charge < -0.3 is 4.42 Å². The Morgan fingerprint density at radius 3 is 2.47 bits per heavy atom. The minimum absolute atomic E-state index is 0.231. The second-order valence-corrected chi connectivity index (χ2v) is 8.19. The Morgan fingerprint density at radius 2 is 1.69 bits per heavy atom. The van der Waals surface area contributed by atoms with Crippen LogP contribution in [0.15, 0.2) is 59.0 Å². The maximum Gasteiger partial charge on any atom is 0.261 e. The Kier molecular flexibility index (Phi) is 4.99. The van der Waals surface area contributed by atoms with E-state index < -0.39 is 0 Å². The lowest BCUT2D eigenvalue weighted by molar-refractivity contribution is 0.0608. The summed E-state index contributed by atoms with van der Waals surface area (Å²) < 4.78 is 6.05. The molecule has 0 radical (unpaired) electrons. The fourth-order valence-electron chi connectivity index (χ4n) is 4.51. The fourth-order valence-corrected chi connectivity index (χ4v) is 4.51. The Bertz CT molecular complexity index is 1400. The molecule has 158 valence electrons. The van der Waals surface area contributed by atoms with Crippen molar-refractivity contribution in [3.8, 4) is 17.4 Å². The molecule has 0 N–H and O–H groups in total. The summed E-state index contributed by atoms with van der Waals surface area (Å²) in [6.45, 7) is 2.58. The molecule has 1 aliphatic heterocycles. The van der Waals surface area contributed by atoms with Crippen LogP contribution in [-0.4, -0.2) is 23.3 Å². The van der Waals surface area contributed by atoms with Gasteiger partial charge in [0.15, 0.2) is 0 Å². The van der Waals surface area contributed by atoms with E-state index >= 15 is 0 Å². The van der Waals surface area contributed by atoms with Gasteiger partial charge in [-0.25, -0.2) is 0 Å². The highest BCUT2D eigenvalue weighted by molar-refractivity contribution is 6.26. The van der Waals surface area contributed by atoms with Crippen molar-refractivity contribution >= 4 is 33.6 Å². The highest BCUT2D eigenvalue weighted by Crippen LogP contribution is 2.38. The van der Waals surface area contributed by atoms with Crippen LogP contribution in [0.3, 0.4) is 0 Å². The molecule has 4 aromatic rings. The molecule has 32 heavy (non-hydrogen) atoms. The van der Waals surface area contributed by atoms with Gasteiger partial charge in [0.25, 0.3) is 11.8 Å². The molecule has 2 amide bonds. The largest absolute Gasteiger partial charge is 0.456 e. The van der Waals surface area contributed by atoms with Crippen molar-refractivity contribution in [2.45, 2.75) is 32.6 Å². The van der Waals surface area contributed by atoms with Crippen molar-refractivity contribution in [1.29, 1.82) is 5.26 Å². The van der Waals surface area contributed by atoms with Gasteiger partial charge in [-0.15, -0.1) is 0 Å². The first-order chi connectivity index (χ1) is 15.6. The van der Waals surface area contributed by atoms with Gasteiger partial charge in [0.2, 0.25) is 0 Å². The van der Waals surface area contributed by atoms with E-state index in [4.69, 9.17) is 9.68 Å². The molecule has 2 heterocycles. The lowest BCUT2D eigenvalue weighted by atomic mass is 9.90. The van der Waals surface area contributed by atoms with Crippen LogP contribution in [0.25, 0.3) is 33.1 Å². The number of imide groups is 1. The zero-order valence-electron chi connectivity index (χ0n) is 17.9. The number of furan rings is 1. The van der Waals surface area contributed by atoms with Gasteiger partial charge in [-0.1, -0.05) is 38.3 Å². The predicted octanol–water partition coefficient (Wildman–Crippen LogP) is 6.30. The van der Waals surface area contributed by atoms with E-state index in [-0.39, 0.29) is 11.8 Å². The summed E-state index contributed by atoms with van der Waals surface area (Å²) in [5.41, 5.74) is 3.17. The number of nitriles is 1. The first-order valence-electron chi connectivity index (χ1n) is 11.0. The number of benzene rings is 3. The van der Waals surface area contributed by atoms with Crippen LogP contribution in [0.1, 0.15) is 58.9 Å². The monoisotopic (exact) mass is 422 g/mol. The van der Waals surface area contributed by atoms with E-state index in [0.29, 0.717) is 40.0 Å². The van der Waals surface area contributed by atoms with Gasteiger partial charge in [-0.2, -0.15) is 5.26 Å². The molecule has 0 unspecified atom stereocenters. The molecule has 5 nitrogen and oxygen atoms in total. The molecule has 5 heteroatoms. The summed E-state index contributed by atoms with van der Waals surface area (Å²) in [6.07, 6.45) is 4.02. The predicted molar refractivity (Wildman–Crippen MR) is 123 cm³/mol. The summed E-state index contributed by atoms with van der Waals surface area (Å²) >= 11 is 0. The van der Waals surface area contributed by atoms with Crippen LogP contribution in [0, 0.1) is 11.3 Å². The number of amides is 2. The van der Waals surface area contributed by atoms with Crippen molar-refractivity contribution in [3.05, 3.63) is 71.3 Å².